The molecule has 2 heterocycles. The van der Waals surface area contributed by atoms with Gasteiger partial charge >= 0.3 is 0 Å². The van der Waals surface area contributed by atoms with Crippen LogP contribution in [0.1, 0.15) is 0 Å². The lowest BCUT2D eigenvalue weighted by molar-refractivity contribution is 1.07. The van der Waals surface area contributed by atoms with Gasteiger partial charge in [0.2, 0.25) is 0 Å². The molecule has 0 atom stereocenters. The van der Waals surface area contributed by atoms with Crippen molar-refractivity contribution in [1.82, 2.24) is 29.9 Å². The average molecular weight is 997 g/mol. The van der Waals surface area contributed by atoms with Gasteiger partial charge < -0.3 is 0 Å². The molecular weight excluding hydrogens is 949 g/mol. The number of hydrogen-bond acceptors (Lipinski definition) is 6. The van der Waals surface area contributed by atoms with E-state index in [0.717, 1.165) is 100 Å². The van der Waals surface area contributed by atoms with E-state index in [2.05, 4.69) is 267 Å². The van der Waals surface area contributed by atoms with Crippen molar-refractivity contribution >= 4 is 0 Å². The van der Waals surface area contributed by atoms with E-state index in [9.17, 15) is 0 Å². The van der Waals surface area contributed by atoms with Crippen molar-refractivity contribution in [2.75, 3.05) is 0 Å². The van der Waals surface area contributed by atoms with Crippen molar-refractivity contribution in [1.29, 1.82) is 0 Å². The number of nitrogens with zero attached hydrogens (tertiary/aromatic N) is 6. The third kappa shape index (κ3) is 10.0. The molecule has 13 aromatic rings. The summed E-state index contributed by atoms with van der Waals surface area (Å²) in [6.45, 7) is 0. The minimum atomic E-state index is 0.580. The quantitative estimate of drug-likeness (QED) is 0.121. The summed E-state index contributed by atoms with van der Waals surface area (Å²) < 4.78 is 0. The summed E-state index contributed by atoms with van der Waals surface area (Å²) in [5.41, 5.74) is 18.4. The lowest BCUT2D eigenvalue weighted by Gasteiger charge is -2.14. The maximum Gasteiger partial charge on any atom is 0.164 e. The molecule has 0 spiro atoms. The molecule has 0 fully saturated rings. The van der Waals surface area contributed by atoms with Gasteiger partial charge in [0, 0.05) is 33.4 Å². The fraction of sp³-hybridized carbons (Fsp3) is 0. The zero-order valence-corrected chi connectivity index (χ0v) is 42.4. The Bertz CT molecular complexity index is 3780. The smallest absolute Gasteiger partial charge is 0.164 e. The van der Waals surface area contributed by atoms with Gasteiger partial charge in [0.15, 0.2) is 34.9 Å². The number of rotatable bonds is 12. The van der Waals surface area contributed by atoms with E-state index in [1.807, 2.05) is 24.3 Å². The van der Waals surface area contributed by atoms with E-state index in [1.54, 1.807) is 0 Å². The predicted octanol–water partition coefficient (Wildman–Crippen LogP) is 18.1. The van der Waals surface area contributed by atoms with Gasteiger partial charge in [-0.1, -0.05) is 255 Å². The van der Waals surface area contributed by atoms with Gasteiger partial charge in [-0.05, 0) is 103 Å². The Kier molecular flexibility index (Phi) is 12.9. The van der Waals surface area contributed by atoms with Crippen molar-refractivity contribution in [2.24, 2.45) is 0 Å². The third-order valence-electron chi connectivity index (χ3n) is 14.0. The van der Waals surface area contributed by atoms with Crippen molar-refractivity contribution < 1.29 is 0 Å². The normalized spacial score (nSPS) is 11.1. The van der Waals surface area contributed by atoms with Crippen LogP contribution >= 0.6 is 0 Å². The maximum atomic E-state index is 5.23. The predicted molar refractivity (Wildman–Crippen MR) is 318 cm³/mol. The number of hydrogen-bond donors (Lipinski definition) is 0. The summed E-state index contributed by atoms with van der Waals surface area (Å²) in [6, 6.07) is 101. The van der Waals surface area contributed by atoms with Crippen LogP contribution in [0.15, 0.2) is 291 Å². The molecule has 0 saturated heterocycles. The molecule has 366 valence electrons. The average Bonchev–Trinajstić information content (AvgIpc) is 3.54. The van der Waals surface area contributed by atoms with Crippen molar-refractivity contribution in [3.8, 4) is 135 Å². The minimum Gasteiger partial charge on any atom is -0.208 e. The summed E-state index contributed by atoms with van der Waals surface area (Å²) in [5.74, 6) is 3.54. The van der Waals surface area contributed by atoms with Gasteiger partial charge in [-0.15, -0.1) is 0 Å². The van der Waals surface area contributed by atoms with Crippen molar-refractivity contribution in [3.63, 3.8) is 0 Å². The maximum absolute atomic E-state index is 5.23. The molecular formula is C72H48N6. The molecule has 11 aromatic carbocycles. The van der Waals surface area contributed by atoms with Gasteiger partial charge in [0.05, 0.1) is 0 Å². The summed E-state index contributed by atoms with van der Waals surface area (Å²) in [6.07, 6.45) is 0. The Balaban J connectivity index is 0.897. The zero-order chi connectivity index (χ0) is 52.0. The Morgan fingerprint density at radius 1 is 0.128 bits per heavy atom. The van der Waals surface area contributed by atoms with Crippen LogP contribution < -0.4 is 0 Å². The van der Waals surface area contributed by atoms with Crippen molar-refractivity contribution in [3.05, 3.63) is 291 Å². The molecule has 0 amide bonds. The van der Waals surface area contributed by atoms with Gasteiger partial charge in [-0.3, -0.25) is 0 Å². The highest BCUT2D eigenvalue weighted by Gasteiger charge is 2.18. The van der Waals surface area contributed by atoms with Crippen LogP contribution in [0.25, 0.3) is 135 Å². The highest BCUT2D eigenvalue weighted by Crippen LogP contribution is 2.38. The van der Waals surface area contributed by atoms with E-state index >= 15 is 0 Å². The van der Waals surface area contributed by atoms with Gasteiger partial charge in [-0.25, -0.2) is 29.9 Å². The molecule has 0 aliphatic carbocycles. The van der Waals surface area contributed by atoms with Gasteiger partial charge in [-0.2, -0.15) is 0 Å². The Morgan fingerprint density at radius 3 is 0.526 bits per heavy atom. The lowest BCUT2D eigenvalue weighted by atomic mass is 9.93. The standard InChI is InChI=1S/C72H48N6/c1-5-21-49(22-6-1)53-29-15-35-59(43-53)67-73-68(60-36-16-30-54(44-60)50-23-7-2-8-24-50)76-71(75-67)63-39-19-33-57(47-63)65-41-13-14-42-66(65)58-34-20-40-64(48-58)72-77-69(61-37-17-31-55(45-61)51-25-9-3-10-26-51)74-70(78-72)62-38-18-32-56(46-62)52-27-11-4-12-28-52/h1-48H. The number of benzene rings is 11. The van der Waals surface area contributed by atoms with Crippen LogP contribution in [0.5, 0.6) is 0 Å². The van der Waals surface area contributed by atoms with Crippen LogP contribution in [0.4, 0.5) is 0 Å². The summed E-state index contributed by atoms with van der Waals surface area (Å²) in [4.78, 5) is 31.3. The van der Waals surface area contributed by atoms with Crippen molar-refractivity contribution in [2.45, 2.75) is 0 Å². The van der Waals surface area contributed by atoms with Gasteiger partial charge in [0.25, 0.3) is 0 Å². The van der Waals surface area contributed by atoms with Crippen LogP contribution in [-0.4, -0.2) is 29.9 Å². The van der Waals surface area contributed by atoms with E-state index in [1.165, 1.54) is 0 Å². The van der Waals surface area contributed by atoms with Crippen LogP contribution in [0.2, 0.25) is 0 Å². The van der Waals surface area contributed by atoms with E-state index in [0.29, 0.717) is 34.9 Å². The zero-order valence-electron chi connectivity index (χ0n) is 42.4. The Hall–Kier alpha value is -10.6. The van der Waals surface area contributed by atoms with Crippen LogP contribution in [0, 0.1) is 0 Å². The topological polar surface area (TPSA) is 77.3 Å². The second-order valence-corrected chi connectivity index (χ2v) is 19.1. The lowest BCUT2D eigenvalue weighted by Crippen LogP contribution is -2.01. The minimum absolute atomic E-state index is 0.580. The molecule has 0 aliphatic heterocycles. The molecule has 2 aromatic heterocycles. The molecule has 0 saturated carbocycles. The number of aromatic nitrogens is 6. The first-order valence-electron chi connectivity index (χ1n) is 26.1. The molecule has 6 nitrogen and oxygen atoms in total. The molecule has 0 radical (unpaired) electrons. The summed E-state index contributed by atoms with van der Waals surface area (Å²) in [7, 11) is 0. The van der Waals surface area contributed by atoms with Crippen LogP contribution in [0.3, 0.4) is 0 Å². The molecule has 0 bridgehead atoms. The van der Waals surface area contributed by atoms with Gasteiger partial charge in [0.1, 0.15) is 0 Å². The second kappa shape index (κ2) is 21.4. The fourth-order valence-electron chi connectivity index (χ4n) is 10.0. The Labute approximate surface area is 453 Å². The molecule has 0 aliphatic rings. The highest BCUT2D eigenvalue weighted by atomic mass is 15.0. The first-order chi connectivity index (χ1) is 38.6. The molecule has 0 unspecified atom stereocenters. The Morgan fingerprint density at radius 2 is 0.295 bits per heavy atom. The second-order valence-electron chi connectivity index (χ2n) is 19.1. The highest BCUT2D eigenvalue weighted by molar-refractivity contribution is 5.87. The molecule has 6 heteroatoms. The molecule has 13 rings (SSSR count). The van der Waals surface area contributed by atoms with E-state index in [4.69, 9.17) is 29.9 Å². The largest absolute Gasteiger partial charge is 0.208 e. The molecule has 78 heavy (non-hydrogen) atoms. The summed E-state index contributed by atoms with van der Waals surface area (Å²) in [5, 5.41) is 0. The first kappa shape index (κ1) is 47.2. The third-order valence-corrected chi connectivity index (χ3v) is 14.0. The van der Waals surface area contributed by atoms with E-state index in [-0.39, 0.29) is 0 Å². The van der Waals surface area contributed by atoms with Crippen LogP contribution in [-0.2, 0) is 0 Å². The fourth-order valence-corrected chi connectivity index (χ4v) is 10.0. The van der Waals surface area contributed by atoms with E-state index < -0.39 is 0 Å². The summed E-state index contributed by atoms with van der Waals surface area (Å²) >= 11 is 0. The SMILES string of the molecule is c1ccc(-c2cccc(-c3nc(-c4cccc(-c5ccccc5)c4)nc(-c4cccc(-c5ccccc5-c5cccc(-c6nc(-c7cccc(-c8ccccc8)c7)nc(-c7cccc(-c8ccccc8)c7)n6)c5)c4)n3)c2)cc1. The first-order valence-corrected chi connectivity index (χ1v) is 26.1. The molecule has 0 N–H and O–H groups in total. The monoisotopic (exact) mass is 996 g/mol.